The van der Waals surface area contributed by atoms with Crippen LogP contribution in [-0.2, 0) is 6.42 Å². The number of rotatable bonds is 4. The maximum absolute atomic E-state index is 3.79. The molecule has 1 aliphatic carbocycles. The Balaban J connectivity index is 1.73. The minimum atomic E-state index is 0.689. The molecule has 2 aliphatic rings. The van der Waals surface area contributed by atoms with Gasteiger partial charge in [-0.15, -0.1) is 0 Å². The van der Waals surface area contributed by atoms with Crippen molar-refractivity contribution in [2.45, 2.75) is 51.1 Å². The highest BCUT2D eigenvalue weighted by Gasteiger charge is 2.28. The summed E-state index contributed by atoms with van der Waals surface area (Å²) in [4.78, 5) is 2.58. The van der Waals surface area contributed by atoms with Crippen LogP contribution in [0.5, 0.6) is 0 Å². The molecule has 3 heteroatoms. The molecule has 1 saturated carbocycles. The molecule has 0 spiro atoms. The Bertz CT molecular complexity index is 442. The van der Waals surface area contributed by atoms with Crippen LogP contribution >= 0.6 is 15.9 Å². The average Bonchev–Trinajstić information content (AvgIpc) is 3.23. The first-order valence-corrected chi connectivity index (χ1v) is 8.35. The summed E-state index contributed by atoms with van der Waals surface area (Å²) in [5, 5.41) is 3.79. The Labute approximate surface area is 124 Å². The fraction of sp³-hybridized carbons (Fsp3) is 0.625. The third kappa shape index (κ3) is 3.32. The number of hydrogen-bond acceptors (Lipinski definition) is 2. The Kier molecular flexibility index (Phi) is 4.13. The number of nitrogens with one attached hydrogen (secondary N) is 1. The number of anilines is 1. The van der Waals surface area contributed by atoms with E-state index in [-0.39, 0.29) is 0 Å². The molecule has 104 valence electrons. The summed E-state index contributed by atoms with van der Waals surface area (Å²) < 4.78 is 1.19. The van der Waals surface area contributed by atoms with E-state index >= 15 is 0 Å². The van der Waals surface area contributed by atoms with Crippen molar-refractivity contribution in [1.82, 2.24) is 5.32 Å². The van der Waals surface area contributed by atoms with Crippen LogP contribution in [0.1, 0.15) is 38.2 Å². The van der Waals surface area contributed by atoms with E-state index in [1.807, 2.05) is 0 Å². The van der Waals surface area contributed by atoms with E-state index in [1.54, 1.807) is 0 Å². The molecule has 3 rings (SSSR count). The van der Waals surface area contributed by atoms with Crippen LogP contribution in [0.2, 0.25) is 0 Å². The van der Waals surface area contributed by atoms with Gasteiger partial charge in [0, 0.05) is 35.3 Å². The lowest BCUT2D eigenvalue weighted by molar-refractivity contribution is 0.420. The van der Waals surface area contributed by atoms with Gasteiger partial charge in [0.05, 0.1) is 0 Å². The number of halogens is 1. The second-order valence-electron chi connectivity index (χ2n) is 5.85. The number of nitrogens with zero attached hydrogens (tertiary/aromatic N) is 1. The molecule has 1 atom stereocenters. The summed E-state index contributed by atoms with van der Waals surface area (Å²) in [6.45, 7) is 4.62. The van der Waals surface area contributed by atoms with Gasteiger partial charge >= 0.3 is 0 Å². The third-order valence-corrected chi connectivity index (χ3v) is 4.73. The third-order valence-electron chi connectivity index (χ3n) is 4.23. The van der Waals surface area contributed by atoms with Crippen molar-refractivity contribution in [2.75, 3.05) is 18.0 Å². The van der Waals surface area contributed by atoms with Gasteiger partial charge in [0.1, 0.15) is 0 Å². The van der Waals surface area contributed by atoms with E-state index in [0.717, 1.165) is 12.5 Å². The van der Waals surface area contributed by atoms with Gasteiger partial charge in [-0.05, 0) is 55.9 Å². The van der Waals surface area contributed by atoms with Crippen molar-refractivity contribution in [1.29, 1.82) is 0 Å². The maximum Gasteiger partial charge on any atom is 0.0399 e. The Morgan fingerprint density at radius 3 is 2.84 bits per heavy atom. The smallest absolute Gasteiger partial charge is 0.0399 e. The van der Waals surface area contributed by atoms with Crippen LogP contribution < -0.4 is 10.2 Å². The van der Waals surface area contributed by atoms with Crippen LogP contribution in [0, 0.1) is 0 Å². The maximum atomic E-state index is 3.79. The minimum Gasteiger partial charge on any atom is -0.370 e. The van der Waals surface area contributed by atoms with Gasteiger partial charge in [0.2, 0.25) is 0 Å². The van der Waals surface area contributed by atoms with Gasteiger partial charge in [-0.2, -0.15) is 0 Å². The molecule has 1 unspecified atom stereocenters. The quantitative estimate of drug-likeness (QED) is 0.908. The molecular weight excluding hydrogens is 300 g/mol. The molecule has 0 amide bonds. The fourth-order valence-corrected chi connectivity index (χ4v) is 3.47. The Hall–Kier alpha value is -0.540. The van der Waals surface area contributed by atoms with E-state index < -0.39 is 0 Å². The Morgan fingerprint density at radius 2 is 2.11 bits per heavy atom. The Morgan fingerprint density at radius 1 is 1.26 bits per heavy atom. The zero-order valence-electron chi connectivity index (χ0n) is 11.7. The van der Waals surface area contributed by atoms with Gasteiger partial charge in [-0.25, -0.2) is 0 Å². The highest BCUT2D eigenvalue weighted by Crippen LogP contribution is 2.29. The molecule has 1 aliphatic heterocycles. The predicted octanol–water partition coefficient (Wildman–Crippen LogP) is 3.73. The van der Waals surface area contributed by atoms with E-state index in [0.29, 0.717) is 6.04 Å². The first-order valence-electron chi connectivity index (χ1n) is 7.55. The van der Waals surface area contributed by atoms with Gasteiger partial charge < -0.3 is 10.2 Å². The lowest BCUT2D eigenvalue weighted by Gasteiger charge is -2.36. The number of benzene rings is 1. The fourth-order valence-electron chi connectivity index (χ4n) is 3.06. The minimum absolute atomic E-state index is 0.689. The van der Waals surface area contributed by atoms with Crippen LogP contribution in [0.3, 0.4) is 0 Å². The van der Waals surface area contributed by atoms with Gasteiger partial charge in [-0.1, -0.05) is 22.9 Å². The first kappa shape index (κ1) is 13.4. The largest absolute Gasteiger partial charge is 0.370 e. The second-order valence-corrected chi connectivity index (χ2v) is 6.77. The number of hydrogen-bond donors (Lipinski definition) is 1. The molecule has 19 heavy (non-hydrogen) atoms. The molecule has 0 bridgehead atoms. The lowest BCUT2D eigenvalue weighted by atomic mass is 10.0. The van der Waals surface area contributed by atoms with Crippen molar-refractivity contribution in [2.24, 2.45) is 0 Å². The topological polar surface area (TPSA) is 15.3 Å². The normalized spacial score (nSPS) is 23.7. The van der Waals surface area contributed by atoms with Crippen molar-refractivity contribution >= 4 is 21.6 Å². The summed E-state index contributed by atoms with van der Waals surface area (Å²) in [6, 6.07) is 8.23. The predicted molar refractivity (Wildman–Crippen MR) is 84.9 cm³/mol. The molecule has 0 radical (unpaired) electrons. The van der Waals surface area contributed by atoms with Gasteiger partial charge in [-0.3, -0.25) is 0 Å². The summed E-state index contributed by atoms with van der Waals surface area (Å²) in [7, 11) is 0. The number of piperidine rings is 1. The second kappa shape index (κ2) is 5.84. The summed E-state index contributed by atoms with van der Waals surface area (Å²) in [5.74, 6) is 0. The summed E-state index contributed by atoms with van der Waals surface area (Å²) in [5.41, 5.74) is 2.90. The van der Waals surface area contributed by atoms with Crippen molar-refractivity contribution < 1.29 is 0 Å². The molecule has 1 aromatic rings. The molecule has 1 aromatic carbocycles. The molecule has 1 saturated heterocycles. The van der Waals surface area contributed by atoms with Gasteiger partial charge in [0.15, 0.2) is 0 Å². The highest BCUT2D eigenvalue weighted by atomic mass is 79.9. The first-order chi connectivity index (χ1) is 9.26. The molecule has 2 fully saturated rings. The highest BCUT2D eigenvalue weighted by molar-refractivity contribution is 9.10. The number of aryl methyl sites for hydroxylation is 1. The van der Waals surface area contributed by atoms with Crippen LogP contribution in [0.25, 0.3) is 0 Å². The van der Waals surface area contributed by atoms with Crippen LogP contribution in [-0.4, -0.2) is 25.2 Å². The van der Waals surface area contributed by atoms with E-state index in [2.05, 4.69) is 51.3 Å². The summed E-state index contributed by atoms with van der Waals surface area (Å²) in [6.07, 6.45) is 6.52. The zero-order chi connectivity index (χ0) is 13.2. The van der Waals surface area contributed by atoms with E-state index in [1.165, 1.54) is 54.5 Å². The SMILES string of the molecule is CCc1cc(Br)ccc1N1CCCC(NC2CC2)C1. The zero-order valence-corrected chi connectivity index (χ0v) is 13.2. The average molecular weight is 323 g/mol. The van der Waals surface area contributed by atoms with E-state index in [4.69, 9.17) is 0 Å². The molecule has 1 N–H and O–H groups in total. The standard InChI is InChI=1S/C16H23BrN2/c1-2-12-10-13(17)5-8-16(12)19-9-3-4-15(11-19)18-14-6-7-14/h5,8,10,14-15,18H,2-4,6-7,9,11H2,1H3. The summed E-state index contributed by atoms with van der Waals surface area (Å²) >= 11 is 3.58. The van der Waals surface area contributed by atoms with Crippen LogP contribution in [0.15, 0.2) is 22.7 Å². The van der Waals surface area contributed by atoms with Crippen molar-refractivity contribution in [3.63, 3.8) is 0 Å². The van der Waals surface area contributed by atoms with Gasteiger partial charge in [0.25, 0.3) is 0 Å². The van der Waals surface area contributed by atoms with Crippen LogP contribution in [0.4, 0.5) is 5.69 Å². The van der Waals surface area contributed by atoms with Crippen molar-refractivity contribution in [3.8, 4) is 0 Å². The molecular formula is C16H23BrN2. The lowest BCUT2D eigenvalue weighted by Crippen LogP contribution is -2.46. The molecule has 0 aromatic heterocycles. The molecule has 1 heterocycles. The van der Waals surface area contributed by atoms with E-state index in [9.17, 15) is 0 Å². The van der Waals surface area contributed by atoms with Crippen molar-refractivity contribution in [3.05, 3.63) is 28.2 Å². The molecule has 2 nitrogen and oxygen atoms in total. The monoisotopic (exact) mass is 322 g/mol.